The fraction of sp³-hybridized carbons (Fsp3) is 0.200. The van der Waals surface area contributed by atoms with E-state index in [1.165, 1.54) is 4.90 Å². The second kappa shape index (κ2) is 7.29. The van der Waals surface area contributed by atoms with Crippen LogP contribution in [0.25, 0.3) is 0 Å². The predicted molar refractivity (Wildman–Crippen MR) is 83.2 cm³/mol. The maximum atomic E-state index is 12.1. The largest absolute Gasteiger partial charge is 0.492 e. The van der Waals surface area contributed by atoms with Crippen molar-refractivity contribution in [1.82, 2.24) is 9.88 Å². The highest BCUT2D eigenvalue weighted by molar-refractivity contribution is 6.30. The Morgan fingerprint density at radius 3 is 2.57 bits per heavy atom. The molecule has 0 aliphatic rings. The van der Waals surface area contributed by atoms with Crippen LogP contribution in [-0.4, -0.2) is 36.0 Å². The van der Waals surface area contributed by atoms with E-state index in [1.54, 1.807) is 49.5 Å². The first-order valence-electron chi connectivity index (χ1n) is 6.32. The Morgan fingerprint density at radius 2 is 1.90 bits per heavy atom. The molecule has 0 radical (unpaired) electrons. The van der Waals surface area contributed by atoms with E-state index in [0.29, 0.717) is 34.8 Å². The van der Waals surface area contributed by atoms with E-state index < -0.39 is 0 Å². The molecular formula is C15H14Cl2N2O2. The summed E-state index contributed by atoms with van der Waals surface area (Å²) in [5.41, 5.74) is 0.316. The third-order valence-corrected chi connectivity index (χ3v) is 3.25. The van der Waals surface area contributed by atoms with E-state index >= 15 is 0 Å². The molecule has 110 valence electrons. The second-order valence-corrected chi connectivity index (χ2v) is 5.20. The van der Waals surface area contributed by atoms with Crippen molar-refractivity contribution in [3.63, 3.8) is 0 Å². The van der Waals surface area contributed by atoms with Crippen LogP contribution < -0.4 is 4.74 Å². The predicted octanol–water partition coefficient (Wildman–Crippen LogP) is 3.54. The van der Waals surface area contributed by atoms with E-state index in [1.807, 2.05) is 0 Å². The van der Waals surface area contributed by atoms with Crippen LogP contribution in [0.3, 0.4) is 0 Å². The van der Waals surface area contributed by atoms with E-state index in [0.717, 1.165) is 0 Å². The molecule has 1 aromatic heterocycles. The maximum Gasteiger partial charge on any atom is 0.272 e. The molecule has 1 heterocycles. The SMILES string of the molecule is CN(CCOc1ccc(Cl)cc1)C(=O)c1cccc(Cl)n1. The van der Waals surface area contributed by atoms with Gasteiger partial charge in [-0.05, 0) is 36.4 Å². The van der Waals surface area contributed by atoms with Crippen molar-refractivity contribution >= 4 is 29.1 Å². The van der Waals surface area contributed by atoms with Crippen LogP contribution in [0.4, 0.5) is 0 Å². The summed E-state index contributed by atoms with van der Waals surface area (Å²) >= 11 is 11.6. The summed E-state index contributed by atoms with van der Waals surface area (Å²) in [5.74, 6) is 0.512. The Hall–Kier alpha value is -1.78. The number of carbonyl (C=O) groups is 1. The number of nitrogens with zero attached hydrogens (tertiary/aromatic N) is 2. The summed E-state index contributed by atoms with van der Waals surface area (Å²) in [6.07, 6.45) is 0. The number of hydrogen-bond acceptors (Lipinski definition) is 3. The molecule has 0 N–H and O–H groups in total. The number of carbonyl (C=O) groups excluding carboxylic acids is 1. The van der Waals surface area contributed by atoms with Gasteiger partial charge in [-0.2, -0.15) is 0 Å². The van der Waals surface area contributed by atoms with Crippen LogP contribution in [-0.2, 0) is 0 Å². The first-order valence-corrected chi connectivity index (χ1v) is 7.08. The quantitative estimate of drug-likeness (QED) is 0.790. The van der Waals surface area contributed by atoms with Gasteiger partial charge in [0.1, 0.15) is 23.2 Å². The normalized spacial score (nSPS) is 10.2. The van der Waals surface area contributed by atoms with Crippen LogP contribution in [0, 0.1) is 0 Å². The van der Waals surface area contributed by atoms with Crippen molar-refractivity contribution in [1.29, 1.82) is 0 Å². The summed E-state index contributed by atoms with van der Waals surface area (Å²) in [7, 11) is 1.69. The molecule has 2 aromatic rings. The van der Waals surface area contributed by atoms with E-state index in [4.69, 9.17) is 27.9 Å². The molecule has 6 heteroatoms. The minimum Gasteiger partial charge on any atom is -0.492 e. The molecule has 0 spiro atoms. The fourth-order valence-corrected chi connectivity index (χ4v) is 1.95. The van der Waals surface area contributed by atoms with Crippen LogP contribution in [0.1, 0.15) is 10.5 Å². The monoisotopic (exact) mass is 324 g/mol. The smallest absolute Gasteiger partial charge is 0.272 e. The van der Waals surface area contributed by atoms with Crippen molar-refractivity contribution in [2.24, 2.45) is 0 Å². The zero-order chi connectivity index (χ0) is 15.2. The van der Waals surface area contributed by atoms with Gasteiger partial charge in [0.05, 0.1) is 6.54 Å². The highest BCUT2D eigenvalue weighted by Gasteiger charge is 2.13. The summed E-state index contributed by atoms with van der Waals surface area (Å²) in [6.45, 7) is 0.820. The van der Waals surface area contributed by atoms with Gasteiger partial charge in [0.15, 0.2) is 0 Å². The zero-order valence-electron chi connectivity index (χ0n) is 11.4. The minimum absolute atomic E-state index is 0.197. The van der Waals surface area contributed by atoms with Gasteiger partial charge >= 0.3 is 0 Å². The molecule has 0 saturated carbocycles. The maximum absolute atomic E-state index is 12.1. The first kappa shape index (κ1) is 15.6. The zero-order valence-corrected chi connectivity index (χ0v) is 12.9. The first-order chi connectivity index (χ1) is 10.1. The lowest BCUT2D eigenvalue weighted by molar-refractivity contribution is 0.0768. The number of pyridine rings is 1. The number of halogens is 2. The number of hydrogen-bond donors (Lipinski definition) is 0. The molecule has 4 nitrogen and oxygen atoms in total. The van der Waals surface area contributed by atoms with Crippen molar-refractivity contribution in [2.45, 2.75) is 0 Å². The molecule has 1 aromatic carbocycles. The lowest BCUT2D eigenvalue weighted by Gasteiger charge is -2.17. The molecule has 0 aliphatic carbocycles. The van der Waals surface area contributed by atoms with E-state index in [2.05, 4.69) is 4.98 Å². The summed E-state index contributed by atoms with van der Waals surface area (Å²) in [6, 6.07) is 12.0. The molecule has 0 unspecified atom stereocenters. The lowest BCUT2D eigenvalue weighted by atomic mass is 10.3. The standard InChI is InChI=1S/C15H14Cl2N2O2/c1-19(15(20)13-3-2-4-14(17)18-13)9-10-21-12-7-5-11(16)6-8-12/h2-8H,9-10H2,1H3. The van der Waals surface area contributed by atoms with E-state index in [-0.39, 0.29) is 5.91 Å². The van der Waals surface area contributed by atoms with Crippen LogP contribution in [0.15, 0.2) is 42.5 Å². The third kappa shape index (κ3) is 4.62. The van der Waals surface area contributed by atoms with Crippen LogP contribution in [0.2, 0.25) is 10.2 Å². The Bertz CT molecular complexity index is 617. The second-order valence-electron chi connectivity index (χ2n) is 4.37. The summed E-state index contributed by atoms with van der Waals surface area (Å²) in [5, 5.41) is 0.952. The number of rotatable bonds is 5. The van der Waals surface area contributed by atoms with Gasteiger partial charge in [-0.3, -0.25) is 4.79 Å². The van der Waals surface area contributed by atoms with Gasteiger partial charge < -0.3 is 9.64 Å². The highest BCUT2D eigenvalue weighted by Crippen LogP contribution is 2.15. The number of amides is 1. The minimum atomic E-state index is -0.197. The molecule has 0 saturated heterocycles. The summed E-state index contributed by atoms with van der Waals surface area (Å²) < 4.78 is 5.54. The molecule has 0 aliphatic heterocycles. The Kier molecular flexibility index (Phi) is 5.42. The van der Waals surface area contributed by atoms with Gasteiger partial charge in [-0.25, -0.2) is 4.98 Å². The van der Waals surface area contributed by atoms with Gasteiger partial charge in [-0.15, -0.1) is 0 Å². The van der Waals surface area contributed by atoms with E-state index in [9.17, 15) is 4.79 Å². The molecule has 0 fully saturated rings. The van der Waals surface area contributed by atoms with Crippen molar-refractivity contribution in [3.8, 4) is 5.75 Å². The van der Waals surface area contributed by atoms with Crippen molar-refractivity contribution in [3.05, 3.63) is 58.3 Å². The number of ether oxygens (including phenoxy) is 1. The summed E-state index contributed by atoms with van der Waals surface area (Å²) in [4.78, 5) is 17.6. The van der Waals surface area contributed by atoms with Crippen LogP contribution in [0.5, 0.6) is 5.75 Å². The molecule has 2 rings (SSSR count). The molecular weight excluding hydrogens is 311 g/mol. The Labute approximate surface area is 133 Å². The average molecular weight is 325 g/mol. The van der Waals surface area contributed by atoms with Crippen LogP contribution >= 0.6 is 23.2 Å². The number of benzene rings is 1. The molecule has 21 heavy (non-hydrogen) atoms. The third-order valence-electron chi connectivity index (χ3n) is 2.79. The highest BCUT2D eigenvalue weighted by atomic mass is 35.5. The number of aromatic nitrogens is 1. The fourth-order valence-electron chi connectivity index (χ4n) is 1.66. The van der Waals surface area contributed by atoms with Gasteiger partial charge in [-0.1, -0.05) is 29.3 Å². The number of likely N-dealkylation sites (N-methyl/N-ethyl adjacent to an activating group) is 1. The van der Waals surface area contributed by atoms with Gasteiger partial charge in [0.2, 0.25) is 0 Å². The van der Waals surface area contributed by atoms with Gasteiger partial charge in [0.25, 0.3) is 5.91 Å². The topological polar surface area (TPSA) is 42.4 Å². The average Bonchev–Trinajstić information content (AvgIpc) is 2.48. The van der Waals surface area contributed by atoms with Gasteiger partial charge in [0, 0.05) is 12.1 Å². The Morgan fingerprint density at radius 1 is 1.19 bits per heavy atom. The van der Waals surface area contributed by atoms with Crippen molar-refractivity contribution < 1.29 is 9.53 Å². The lowest BCUT2D eigenvalue weighted by Crippen LogP contribution is -2.31. The molecule has 0 bridgehead atoms. The molecule has 0 atom stereocenters. The Balaban J connectivity index is 1.85. The molecule has 1 amide bonds. The van der Waals surface area contributed by atoms with Crippen molar-refractivity contribution in [2.75, 3.05) is 20.2 Å².